The lowest BCUT2D eigenvalue weighted by atomic mass is 10.2. The number of hydrogen-bond acceptors (Lipinski definition) is 4. The summed E-state index contributed by atoms with van der Waals surface area (Å²) in [5.41, 5.74) is 1.08. The highest BCUT2D eigenvalue weighted by atomic mass is 79.9. The fraction of sp³-hybridized carbons (Fsp3) is 0.286. The molecule has 1 aromatic carbocycles. The van der Waals surface area contributed by atoms with Crippen LogP contribution in [0.2, 0.25) is 0 Å². The molecule has 0 atom stereocenters. The van der Waals surface area contributed by atoms with Crippen LogP contribution in [0.15, 0.2) is 34.9 Å². The number of aromatic nitrogens is 2. The summed E-state index contributed by atoms with van der Waals surface area (Å²) in [4.78, 5) is 8.80. The van der Waals surface area contributed by atoms with E-state index in [0.717, 1.165) is 21.8 Å². The summed E-state index contributed by atoms with van der Waals surface area (Å²) in [6.45, 7) is 4.78. The average molecular weight is 322 g/mol. The quantitative estimate of drug-likeness (QED) is 0.843. The number of phenolic OH excluding ortho intramolecular Hbond substituents is 1. The van der Waals surface area contributed by atoms with Crippen LogP contribution in [-0.2, 0) is 6.54 Å². The van der Waals surface area contributed by atoms with Crippen LogP contribution in [0.4, 0.5) is 5.82 Å². The second-order valence-electron chi connectivity index (χ2n) is 4.61. The van der Waals surface area contributed by atoms with E-state index in [2.05, 4.69) is 45.1 Å². The van der Waals surface area contributed by atoms with Gasteiger partial charge in [0.25, 0.3) is 0 Å². The van der Waals surface area contributed by atoms with Crippen LogP contribution >= 0.6 is 15.9 Å². The van der Waals surface area contributed by atoms with Gasteiger partial charge in [-0.1, -0.05) is 26.0 Å². The molecular formula is C14H16BrN3O. The Morgan fingerprint density at radius 1 is 1.21 bits per heavy atom. The summed E-state index contributed by atoms with van der Waals surface area (Å²) in [5, 5.41) is 12.5. The van der Waals surface area contributed by atoms with Gasteiger partial charge < -0.3 is 10.4 Å². The second kappa shape index (κ2) is 6.02. The van der Waals surface area contributed by atoms with Crippen molar-refractivity contribution in [3.8, 4) is 5.75 Å². The first-order valence-electron chi connectivity index (χ1n) is 6.11. The van der Waals surface area contributed by atoms with Gasteiger partial charge in [0, 0.05) is 18.5 Å². The van der Waals surface area contributed by atoms with Crippen LogP contribution in [0, 0.1) is 0 Å². The van der Waals surface area contributed by atoms with E-state index in [1.165, 1.54) is 0 Å². The third kappa shape index (κ3) is 3.92. The molecule has 2 N–H and O–H groups in total. The monoisotopic (exact) mass is 321 g/mol. The minimum Gasteiger partial charge on any atom is -0.508 e. The fourth-order valence-electron chi connectivity index (χ4n) is 1.59. The molecule has 0 radical (unpaired) electrons. The molecule has 0 spiro atoms. The number of rotatable bonds is 4. The Balaban J connectivity index is 2.08. The number of anilines is 1. The molecule has 0 fully saturated rings. The van der Waals surface area contributed by atoms with Crippen molar-refractivity contribution in [2.45, 2.75) is 26.3 Å². The van der Waals surface area contributed by atoms with E-state index < -0.39 is 0 Å². The zero-order valence-electron chi connectivity index (χ0n) is 10.9. The van der Waals surface area contributed by atoms with Gasteiger partial charge in [-0.05, 0) is 33.6 Å². The van der Waals surface area contributed by atoms with Gasteiger partial charge in [-0.25, -0.2) is 9.97 Å². The molecule has 0 aliphatic rings. The van der Waals surface area contributed by atoms with Crippen LogP contribution in [0.1, 0.15) is 31.2 Å². The maximum absolute atomic E-state index is 9.23. The van der Waals surface area contributed by atoms with Crippen molar-refractivity contribution >= 4 is 21.7 Å². The van der Waals surface area contributed by atoms with Crippen LogP contribution in [-0.4, -0.2) is 15.1 Å². The Morgan fingerprint density at radius 3 is 2.53 bits per heavy atom. The maximum atomic E-state index is 9.23. The highest BCUT2D eigenvalue weighted by molar-refractivity contribution is 9.10. The Hall–Kier alpha value is -1.62. The molecule has 1 heterocycles. The van der Waals surface area contributed by atoms with Gasteiger partial charge in [0.15, 0.2) is 0 Å². The third-order valence-electron chi connectivity index (χ3n) is 2.64. The van der Waals surface area contributed by atoms with Gasteiger partial charge in [0.05, 0.1) is 0 Å². The summed E-state index contributed by atoms with van der Waals surface area (Å²) >= 11 is 3.39. The Morgan fingerprint density at radius 2 is 1.89 bits per heavy atom. The summed E-state index contributed by atoms with van der Waals surface area (Å²) in [6.07, 6.45) is 0. The predicted molar refractivity (Wildman–Crippen MR) is 79.3 cm³/mol. The second-order valence-corrected chi connectivity index (χ2v) is 5.42. The minimum absolute atomic E-state index is 0.274. The van der Waals surface area contributed by atoms with Gasteiger partial charge in [0.1, 0.15) is 22.0 Å². The van der Waals surface area contributed by atoms with Crippen molar-refractivity contribution in [3.63, 3.8) is 0 Å². The minimum atomic E-state index is 0.274. The van der Waals surface area contributed by atoms with Gasteiger partial charge >= 0.3 is 0 Å². The number of phenols is 1. The molecular weight excluding hydrogens is 306 g/mol. The fourth-order valence-corrected chi connectivity index (χ4v) is 1.99. The number of aromatic hydroxyl groups is 1. The lowest BCUT2D eigenvalue weighted by Crippen LogP contribution is -2.05. The largest absolute Gasteiger partial charge is 0.508 e. The molecule has 0 aliphatic heterocycles. The number of hydrogen-bond donors (Lipinski definition) is 2. The van der Waals surface area contributed by atoms with Crippen LogP contribution in [0.5, 0.6) is 5.75 Å². The molecule has 0 unspecified atom stereocenters. The smallest absolute Gasteiger partial charge is 0.134 e. The van der Waals surface area contributed by atoms with E-state index in [0.29, 0.717) is 6.54 Å². The summed E-state index contributed by atoms with van der Waals surface area (Å²) < 4.78 is 0.777. The summed E-state index contributed by atoms with van der Waals surface area (Å²) in [7, 11) is 0. The Bertz CT molecular complexity index is 555. The molecule has 0 aliphatic carbocycles. The first-order valence-corrected chi connectivity index (χ1v) is 6.90. The van der Waals surface area contributed by atoms with Gasteiger partial charge in [0.2, 0.25) is 0 Å². The molecule has 2 rings (SSSR count). The van der Waals surface area contributed by atoms with Crippen molar-refractivity contribution in [3.05, 3.63) is 46.3 Å². The van der Waals surface area contributed by atoms with E-state index in [4.69, 9.17) is 0 Å². The molecule has 5 heteroatoms. The SMILES string of the molecule is CC(C)c1nc(Br)cc(NCc2ccc(O)cc2)n1. The zero-order chi connectivity index (χ0) is 13.8. The first kappa shape index (κ1) is 13.8. The van der Waals surface area contributed by atoms with Crippen LogP contribution in [0.25, 0.3) is 0 Å². The zero-order valence-corrected chi connectivity index (χ0v) is 12.5. The molecule has 0 bridgehead atoms. The third-order valence-corrected chi connectivity index (χ3v) is 3.04. The van der Waals surface area contributed by atoms with E-state index in [9.17, 15) is 5.11 Å². The highest BCUT2D eigenvalue weighted by Crippen LogP contribution is 2.18. The molecule has 19 heavy (non-hydrogen) atoms. The molecule has 1 aromatic heterocycles. The normalized spacial score (nSPS) is 10.7. The standard InChI is InChI=1S/C14H16BrN3O/c1-9(2)14-17-12(15)7-13(18-14)16-8-10-3-5-11(19)6-4-10/h3-7,9,19H,8H2,1-2H3,(H,16,17,18). The van der Waals surface area contributed by atoms with Crippen molar-refractivity contribution < 1.29 is 5.11 Å². The number of nitrogens with zero attached hydrogens (tertiary/aromatic N) is 2. The molecule has 100 valence electrons. The van der Waals surface area contributed by atoms with E-state index in [1.54, 1.807) is 12.1 Å². The molecule has 0 saturated heterocycles. The lowest BCUT2D eigenvalue weighted by molar-refractivity contribution is 0.475. The summed E-state index contributed by atoms with van der Waals surface area (Å²) in [6, 6.07) is 8.95. The van der Waals surface area contributed by atoms with Crippen molar-refractivity contribution in [1.29, 1.82) is 0 Å². The van der Waals surface area contributed by atoms with Crippen LogP contribution < -0.4 is 5.32 Å². The van der Waals surface area contributed by atoms with Crippen molar-refractivity contribution in [2.75, 3.05) is 5.32 Å². The first-order chi connectivity index (χ1) is 9.04. The molecule has 0 saturated carbocycles. The number of nitrogens with one attached hydrogen (secondary N) is 1. The van der Waals surface area contributed by atoms with Gasteiger partial charge in [-0.3, -0.25) is 0 Å². The van der Waals surface area contributed by atoms with Crippen molar-refractivity contribution in [1.82, 2.24) is 9.97 Å². The van der Waals surface area contributed by atoms with Gasteiger partial charge in [-0.2, -0.15) is 0 Å². The van der Waals surface area contributed by atoms with E-state index in [1.807, 2.05) is 18.2 Å². The van der Waals surface area contributed by atoms with E-state index in [-0.39, 0.29) is 11.7 Å². The van der Waals surface area contributed by atoms with Crippen molar-refractivity contribution in [2.24, 2.45) is 0 Å². The lowest BCUT2D eigenvalue weighted by Gasteiger charge is -2.10. The van der Waals surface area contributed by atoms with E-state index >= 15 is 0 Å². The van der Waals surface area contributed by atoms with Crippen LogP contribution in [0.3, 0.4) is 0 Å². The molecule has 4 nitrogen and oxygen atoms in total. The summed E-state index contributed by atoms with van der Waals surface area (Å²) in [5.74, 6) is 2.16. The molecule has 2 aromatic rings. The topological polar surface area (TPSA) is 58.0 Å². The predicted octanol–water partition coefficient (Wildman–Crippen LogP) is 3.68. The number of benzene rings is 1. The molecule has 0 amide bonds. The Kier molecular flexibility index (Phi) is 4.37. The average Bonchev–Trinajstić information content (AvgIpc) is 2.37. The number of halogens is 1. The van der Waals surface area contributed by atoms with Gasteiger partial charge in [-0.15, -0.1) is 0 Å². The highest BCUT2D eigenvalue weighted by Gasteiger charge is 2.06. The Labute approximate surface area is 121 Å². The maximum Gasteiger partial charge on any atom is 0.134 e.